The number of pyridine rings is 1. The number of aromatic nitrogens is 1. The van der Waals surface area contributed by atoms with Crippen LogP contribution in [0.2, 0.25) is 0 Å². The zero-order valence-corrected chi connectivity index (χ0v) is 12.9. The molecule has 1 N–H and O–H groups in total. The molecular formula is C18H21N3O. The van der Waals surface area contributed by atoms with E-state index in [0.717, 1.165) is 31.5 Å². The first kappa shape index (κ1) is 14.6. The van der Waals surface area contributed by atoms with Gasteiger partial charge in [0, 0.05) is 18.7 Å². The molecule has 1 aliphatic heterocycles. The van der Waals surface area contributed by atoms with Crippen LogP contribution in [0.15, 0.2) is 42.6 Å². The Hall–Kier alpha value is -2.36. The van der Waals surface area contributed by atoms with Crippen LogP contribution in [-0.4, -0.2) is 17.4 Å². The average Bonchev–Trinajstić information content (AvgIpc) is 2.55. The summed E-state index contributed by atoms with van der Waals surface area (Å²) in [6.45, 7) is 2.99. The predicted octanol–water partition coefficient (Wildman–Crippen LogP) is 3.90. The molecule has 0 saturated carbocycles. The lowest BCUT2D eigenvalue weighted by Crippen LogP contribution is -2.24. The number of aryl methyl sites for hydroxylation is 1. The van der Waals surface area contributed by atoms with Crippen molar-refractivity contribution in [2.45, 2.75) is 32.6 Å². The van der Waals surface area contributed by atoms with Crippen molar-refractivity contribution in [3.63, 3.8) is 0 Å². The zero-order valence-electron chi connectivity index (χ0n) is 12.9. The smallest absolute Gasteiger partial charge is 0.225 e. The number of fused-ring (bicyclic) bond motifs is 1. The number of nitrogens with one attached hydrogen (secondary N) is 1. The molecule has 4 heteroatoms. The molecule has 0 bridgehead atoms. The predicted molar refractivity (Wildman–Crippen MR) is 89.5 cm³/mol. The van der Waals surface area contributed by atoms with Gasteiger partial charge in [-0.2, -0.15) is 0 Å². The Bertz CT molecular complexity index is 652. The van der Waals surface area contributed by atoms with Gasteiger partial charge in [-0.05, 0) is 43.0 Å². The van der Waals surface area contributed by atoms with Crippen molar-refractivity contribution in [1.29, 1.82) is 0 Å². The van der Waals surface area contributed by atoms with Crippen LogP contribution in [0.25, 0.3) is 0 Å². The van der Waals surface area contributed by atoms with Crippen molar-refractivity contribution in [1.82, 2.24) is 4.98 Å². The minimum absolute atomic E-state index is 0.0195. The Kier molecular flexibility index (Phi) is 4.37. The molecule has 0 unspecified atom stereocenters. The first-order chi connectivity index (χ1) is 10.8. The number of benzene rings is 1. The molecule has 0 fully saturated rings. The molecule has 4 nitrogen and oxygen atoms in total. The third-order valence-corrected chi connectivity index (χ3v) is 3.91. The van der Waals surface area contributed by atoms with Gasteiger partial charge >= 0.3 is 0 Å². The quantitative estimate of drug-likeness (QED) is 0.930. The largest absolute Gasteiger partial charge is 0.340 e. The number of amides is 1. The van der Waals surface area contributed by atoms with E-state index in [2.05, 4.69) is 39.5 Å². The fourth-order valence-electron chi connectivity index (χ4n) is 2.85. The maximum atomic E-state index is 11.6. The summed E-state index contributed by atoms with van der Waals surface area (Å²) in [5.41, 5.74) is 3.72. The van der Waals surface area contributed by atoms with E-state index in [1.165, 1.54) is 11.3 Å². The molecule has 3 rings (SSSR count). The van der Waals surface area contributed by atoms with Crippen molar-refractivity contribution in [3.8, 4) is 0 Å². The van der Waals surface area contributed by atoms with Crippen LogP contribution in [0.3, 0.4) is 0 Å². The Morgan fingerprint density at radius 2 is 2.14 bits per heavy atom. The van der Waals surface area contributed by atoms with Crippen molar-refractivity contribution in [2.75, 3.05) is 16.8 Å². The molecular weight excluding hydrogens is 274 g/mol. The van der Waals surface area contributed by atoms with Crippen LogP contribution < -0.4 is 10.2 Å². The van der Waals surface area contributed by atoms with E-state index in [-0.39, 0.29) is 5.91 Å². The molecule has 1 aromatic carbocycles. The molecule has 0 aliphatic carbocycles. The van der Waals surface area contributed by atoms with Gasteiger partial charge < -0.3 is 10.2 Å². The second kappa shape index (κ2) is 6.60. The van der Waals surface area contributed by atoms with E-state index in [4.69, 9.17) is 0 Å². The van der Waals surface area contributed by atoms with E-state index in [1.807, 2.05) is 25.3 Å². The third-order valence-electron chi connectivity index (χ3n) is 3.91. The van der Waals surface area contributed by atoms with Gasteiger partial charge in [0.1, 0.15) is 5.82 Å². The molecule has 1 aliphatic rings. The molecule has 1 aromatic heterocycles. The monoisotopic (exact) mass is 295 g/mol. The number of hydrogen-bond acceptors (Lipinski definition) is 3. The van der Waals surface area contributed by atoms with Crippen LogP contribution in [0.4, 0.5) is 17.2 Å². The van der Waals surface area contributed by atoms with Crippen LogP contribution in [0.5, 0.6) is 0 Å². The van der Waals surface area contributed by atoms with Crippen LogP contribution in [-0.2, 0) is 11.2 Å². The number of anilines is 3. The maximum Gasteiger partial charge on any atom is 0.225 e. The lowest BCUT2D eigenvalue weighted by Gasteiger charge is -2.31. The summed E-state index contributed by atoms with van der Waals surface area (Å²) in [4.78, 5) is 18.3. The molecule has 0 spiro atoms. The summed E-state index contributed by atoms with van der Waals surface area (Å²) in [5, 5.41) is 2.82. The third kappa shape index (κ3) is 3.11. The summed E-state index contributed by atoms with van der Waals surface area (Å²) in [6, 6.07) is 12.4. The Balaban J connectivity index is 1.78. The maximum absolute atomic E-state index is 11.6. The molecule has 0 atom stereocenters. The SMILES string of the molecule is CCCC(=O)Nc1ccc(N2CCCc3ccccc32)cn1. The number of nitrogens with zero attached hydrogens (tertiary/aromatic N) is 2. The van der Waals surface area contributed by atoms with Gasteiger partial charge in [-0.15, -0.1) is 0 Å². The summed E-state index contributed by atoms with van der Waals surface area (Å²) in [7, 11) is 0. The summed E-state index contributed by atoms with van der Waals surface area (Å²) < 4.78 is 0. The highest BCUT2D eigenvalue weighted by molar-refractivity contribution is 5.89. The molecule has 22 heavy (non-hydrogen) atoms. The minimum atomic E-state index is 0.0195. The van der Waals surface area contributed by atoms with Crippen LogP contribution in [0, 0.1) is 0 Å². The second-order valence-corrected chi connectivity index (χ2v) is 5.58. The van der Waals surface area contributed by atoms with E-state index in [9.17, 15) is 4.79 Å². The number of carbonyl (C=O) groups is 1. The van der Waals surface area contributed by atoms with Crippen molar-refractivity contribution < 1.29 is 4.79 Å². The van der Waals surface area contributed by atoms with E-state index < -0.39 is 0 Å². The molecule has 114 valence electrons. The van der Waals surface area contributed by atoms with E-state index >= 15 is 0 Å². The Morgan fingerprint density at radius 1 is 1.27 bits per heavy atom. The first-order valence-corrected chi connectivity index (χ1v) is 7.89. The fraction of sp³-hybridized carbons (Fsp3) is 0.333. The Labute approximate surface area is 131 Å². The summed E-state index contributed by atoms with van der Waals surface area (Å²) >= 11 is 0. The Morgan fingerprint density at radius 3 is 2.91 bits per heavy atom. The fourth-order valence-corrected chi connectivity index (χ4v) is 2.85. The van der Waals surface area contributed by atoms with Gasteiger partial charge in [-0.25, -0.2) is 4.98 Å². The topological polar surface area (TPSA) is 45.2 Å². The van der Waals surface area contributed by atoms with Gasteiger partial charge in [0.25, 0.3) is 0 Å². The van der Waals surface area contributed by atoms with E-state index in [1.54, 1.807) is 0 Å². The highest BCUT2D eigenvalue weighted by Crippen LogP contribution is 2.33. The summed E-state index contributed by atoms with van der Waals surface area (Å²) in [5.74, 6) is 0.638. The highest BCUT2D eigenvalue weighted by Gasteiger charge is 2.17. The van der Waals surface area contributed by atoms with Crippen LogP contribution >= 0.6 is 0 Å². The van der Waals surface area contributed by atoms with Gasteiger partial charge in [-0.3, -0.25) is 4.79 Å². The standard InChI is InChI=1S/C18H21N3O/c1-2-6-18(22)20-17-11-10-15(13-19-17)21-12-5-8-14-7-3-4-9-16(14)21/h3-4,7,9-11,13H,2,5-6,8,12H2,1H3,(H,19,20,22). The first-order valence-electron chi connectivity index (χ1n) is 7.89. The zero-order chi connectivity index (χ0) is 15.4. The molecule has 2 heterocycles. The number of carbonyl (C=O) groups excluding carboxylic acids is 1. The number of para-hydroxylation sites is 1. The lowest BCUT2D eigenvalue weighted by atomic mass is 10.0. The van der Waals surface area contributed by atoms with Crippen molar-refractivity contribution >= 4 is 23.1 Å². The molecule has 0 radical (unpaired) electrons. The van der Waals surface area contributed by atoms with Crippen LogP contribution in [0.1, 0.15) is 31.7 Å². The average molecular weight is 295 g/mol. The van der Waals surface area contributed by atoms with Gasteiger partial charge in [0.15, 0.2) is 0 Å². The normalized spacial score (nSPS) is 13.6. The van der Waals surface area contributed by atoms with Gasteiger partial charge in [-0.1, -0.05) is 25.1 Å². The molecule has 0 saturated heterocycles. The lowest BCUT2D eigenvalue weighted by molar-refractivity contribution is -0.116. The van der Waals surface area contributed by atoms with Crippen molar-refractivity contribution in [3.05, 3.63) is 48.2 Å². The minimum Gasteiger partial charge on any atom is -0.340 e. The van der Waals surface area contributed by atoms with E-state index in [0.29, 0.717) is 12.2 Å². The second-order valence-electron chi connectivity index (χ2n) is 5.58. The van der Waals surface area contributed by atoms with Gasteiger partial charge in [0.05, 0.1) is 11.9 Å². The molecule has 1 amide bonds. The van der Waals surface area contributed by atoms with Crippen molar-refractivity contribution in [2.24, 2.45) is 0 Å². The number of rotatable bonds is 4. The highest BCUT2D eigenvalue weighted by atomic mass is 16.1. The number of hydrogen-bond donors (Lipinski definition) is 1. The molecule has 2 aromatic rings. The summed E-state index contributed by atoms with van der Waals surface area (Å²) in [6.07, 6.45) is 5.48. The van der Waals surface area contributed by atoms with Gasteiger partial charge in [0.2, 0.25) is 5.91 Å².